The molecule has 0 radical (unpaired) electrons. The van der Waals surface area contributed by atoms with Crippen molar-refractivity contribution in [3.8, 4) is 0 Å². The minimum Gasteiger partial charge on any atom is -0.377 e. The molecule has 2 nitrogen and oxygen atoms in total. The molecule has 1 N–H and O–H groups in total. The van der Waals surface area contributed by atoms with E-state index in [9.17, 15) is 0 Å². The molecule has 94 valence electrons. The van der Waals surface area contributed by atoms with Gasteiger partial charge in [-0.1, -0.05) is 23.2 Å². The van der Waals surface area contributed by atoms with Gasteiger partial charge in [-0.25, -0.2) is 0 Å². The summed E-state index contributed by atoms with van der Waals surface area (Å²) in [4.78, 5) is 0. The van der Waals surface area contributed by atoms with Crippen LogP contribution in [0.5, 0.6) is 0 Å². The molecule has 1 aliphatic carbocycles. The lowest BCUT2D eigenvalue weighted by Gasteiger charge is -2.40. The highest BCUT2D eigenvalue weighted by Gasteiger charge is 2.36. The van der Waals surface area contributed by atoms with Gasteiger partial charge in [-0.15, -0.1) is 0 Å². The third-order valence-electron chi connectivity index (χ3n) is 3.47. The minimum atomic E-state index is 0.0467. The second-order valence-electron chi connectivity index (χ2n) is 4.58. The van der Waals surface area contributed by atoms with Crippen molar-refractivity contribution in [2.24, 2.45) is 0 Å². The zero-order valence-electron chi connectivity index (χ0n) is 9.93. The van der Waals surface area contributed by atoms with E-state index in [1.165, 1.54) is 6.42 Å². The molecule has 17 heavy (non-hydrogen) atoms. The smallest absolute Gasteiger partial charge is 0.0802 e. The van der Waals surface area contributed by atoms with Crippen LogP contribution in [0.3, 0.4) is 0 Å². The van der Waals surface area contributed by atoms with Gasteiger partial charge in [-0.3, -0.25) is 0 Å². The first-order valence-corrected chi connectivity index (χ1v) is 6.61. The molecule has 4 heteroatoms. The van der Waals surface area contributed by atoms with Crippen LogP contribution in [0.1, 0.15) is 24.8 Å². The van der Waals surface area contributed by atoms with E-state index in [2.05, 4.69) is 5.32 Å². The molecule has 0 heterocycles. The van der Waals surface area contributed by atoms with Gasteiger partial charge in [0.25, 0.3) is 0 Å². The van der Waals surface area contributed by atoms with Crippen LogP contribution >= 0.6 is 23.2 Å². The summed E-state index contributed by atoms with van der Waals surface area (Å²) in [6, 6.07) is 5.53. The third-order valence-corrected chi connectivity index (χ3v) is 4.07. The lowest BCUT2D eigenvalue weighted by atomic mass is 9.80. The minimum absolute atomic E-state index is 0.0467. The highest BCUT2D eigenvalue weighted by atomic mass is 35.5. The quantitative estimate of drug-likeness (QED) is 0.884. The van der Waals surface area contributed by atoms with Crippen LogP contribution in [0.2, 0.25) is 10.0 Å². The van der Waals surface area contributed by atoms with Gasteiger partial charge in [-0.05, 0) is 43.0 Å². The highest BCUT2D eigenvalue weighted by molar-refractivity contribution is 6.33. The maximum absolute atomic E-state index is 6.10. The lowest BCUT2D eigenvalue weighted by molar-refractivity contribution is -0.0695. The molecule has 0 amide bonds. The number of nitrogens with one attached hydrogen (secondary N) is 1. The second kappa shape index (κ2) is 5.57. The van der Waals surface area contributed by atoms with Crippen LogP contribution in [-0.4, -0.2) is 19.3 Å². The molecule has 2 rings (SSSR count). The summed E-state index contributed by atoms with van der Waals surface area (Å²) in [6.45, 7) is 1.59. The number of methoxy groups -OCH3 is 1. The van der Waals surface area contributed by atoms with Crippen molar-refractivity contribution in [2.45, 2.75) is 31.4 Å². The molecule has 1 saturated carbocycles. The van der Waals surface area contributed by atoms with Crippen LogP contribution in [0, 0.1) is 0 Å². The summed E-state index contributed by atoms with van der Waals surface area (Å²) in [6.07, 6.45) is 3.53. The van der Waals surface area contributed by atoms with Gasteiger partial charge in [0.1, 0.15) is 0 Å². The Kier molecular flexibility index (Phi) is 4.31. The number of ether oxygens (including phenoxy) is 1. The number of hydrogen-bond acceptors (Lipinski definition) is 2. The molecule has 1 aliphatic rings. The topological polar surface area (TPSA) is 21.3 Å². The van der Waals surface area contributed by atoms with Crippen LogP contribution in [0.25, 0.3) is 0 Å². The summed E-state index contributed by atoms with van der Waals surface area (Å²) < 4.78 is 5.54. The van der Waals surface area contributed by atoms with E-state index in [1.807, 2.05) is 12.1 Å². The van der Waals surface area contributed by atoms with E-state index in [4.69, 9.17) is 27.9 Å². The fourth-order valence-electron chi connectivity index (χ4n) is 2.13. The molecule has 0 bridgehead atoms. The zero-order valence-corrected chi connectivity index (χ0v) is 11.4. The molecule has 1 aromatic rings. The Balaban J connectivity index is 1.87. The predicted octanol–water partition coefficient (Wildman–Crippen LogP) is 3.65. The molecule has 0 aliphatic heterocycles. The average molecular weight is 274 g/mol. The fraction of sp³-hybridized carbons (Fsp3) is 0.538. The van der Waals surface area contributed by atoms with Crippen molar-refractivity contribution in [1.82, 2.24) is 5.32 Å². The van der Waals surface area contributed by atoms with Crippen molar-refractivity contribution in [2.75, 3.05) is 13.7 Å². The number of rotatable bonds is 5. The molecular weight excluding hydrogens is 257 g/mol. The van der Waals surface area contributed by atoms with E-state index in [0.717, 1.165) is 41.5 Å². The van der Waals surface area contributed by atoms with Crippen molar-refractivity contribution in [3.63, 3.8) is 0 Å². The number of hydrogen-bond donors (Lipinski definition) is 1. The molecular formula is C13H17Cl2NO. The maximum atomic E-state index is 6.10. The number of benzene rings is 1. The van der Waals surface area contributed by atoms with Crippen LogP contribution in [-0.2, 0) is 11.3 Å². The van der Waals surface area contributed by atoms with E-state index >= 15 is 0 Å². The van der Waals surface area contributed by atoms with Crippen LogP contribution in [0.4, 0.5) is 0 Å². The first-order chi connectivity index (χ1) is 8.15. The van der Waals surface area contributed by atoms with Crippen molar-refractivity contribution < 1.29 is 4.74 Å². The largest absolute Gasteiger partial charge is 0.377 e. The van der Waals surface area contributed by atoms with Gasteiger partial charge < -0.3 is 10.1 Å². The number of halogens is 2. The van der Waals surface area contributed by atoms with Gasteiger partial charge in [0.15, 0.2) is 0 Å². The maximum Gasteiger partial charge on any atom is 0.0802 e. The van der Waals surface area contributed by atoms with Gasteiger partial charge >= 0.3 is 0 Å². The van der Waals surface area contributed by atoms with E-state index in [-0.39, 0.29) is 5.60 Å². The molecule has 1 fully saturated rings. The monoisotopic (exact) mass is 273 g/mol. The van der Waals surface area contributed by atoms with Gasteiger partial charge in [0, 0.05) is 30.2 Å². The molecule has 0 saturated heterocycles. The van der Waals surface area contributed by atoms with Crippen LogP contribution in [0.15, 0.2) is 18.2 Å². The second-order valence-corrected chi connectivity index (χ2v) is 5.42. The summed E-state index contributed by atoms with van der Waals surface area (Å²) >= 11 is 12.0. The summed E-state index contributed by atoms with van der Waals surface area (Å²) in [5.74, 6) is 0. The van der Waals surface area contributed by atoms with Gasteiger partial charge in [0.2, 0.25) is 0 Å². The first-order valence-electron chi connectivity index (χ1n) is 5.85. The molecule has 0 unspecified atom stereocenters. The molecule has 1 aromatic carbocycles. The first kappa shape index (κ1) is 13.2. The van der Waals surface area contributed by atoms with E-state index in [0.29, 0.717) is 0 Å². The SMILES string of the molecule is COC1(CNCc2cc(Cl)ccc2Cl)CCC1. The molecule has 0 atom stereocenters. The average Bonchev–Trinajstić information content (AvgIpc) is 2.27. The molecule has 0 spiro atoms. The Hall–Kier alpha value is -0.280. The Bertz CT molecular complexity index is 385. The van der Waals surface area contributed by atoms with Gasteiger partial charge in [0.05, 0.1) is 5.60 Å². The predicted molar refractivity (Wildman–Crippen MR) is 71.8 cm³/mol. The summed E-state index contributed by atoms with van der Waals surface area (Å²) in [5, 5.41) is 4.87. The van der Waals surface area contributed by atoms with Crippen molar-refractivity contribution in [3.05, 3.63) is 33.8 Å². The van der Waals surface area contributed by atoms with Crippen LogP contribution < -0.4 is 5.32 Å². The van der Waals surface area contributed by atoms with E-state index in [1.54, 1.807) is 13.2 Å². The van der Waals surface area contributed by atoms with Gasteiger partial charge in [-0.2, -0.15) is 0 Å². The zero-order chi connectivity index (χ0) is 12.3. The standard InChI is InChI=1S/C13H17Cl2NO/c1-17-13(5-2-6-13)9-16-8-10-7-11(14)3-4-12(10)15/h3-4,7,16H,2,5-6,8-9H2,1H3. The van der Waals surface area contributed by atoms with E-state index < -0.39 is 0 Å². The Morgan fingerprint density at radius 2 is 2.12 bits per heavy atom. The molecule has 0 aromatic heterocycles. The lowest BCUT2D eigenvalue weighted by Crippen LogP contribution is -2.47. The van der Waals surface area contributed by atoms with Crippen molar-refractivity contribution in [1.29, 1.82) is 0 Å². The Labute approximate surface area is 112 Å². The van der Waals surface area contributed by atoms with Crippen molar-refractivity contribution >= 4 is 23.2 Å². The Morgan fingerprint density at radius 1 is 1.35 bits per heavy atom. The summed E-state index contributed by atoms with van der Waals surface area (Å²) in [5.41, 5.74) is 1.08. The highest BCUT2D eigenvalue weighted by Crippen LogP contribution is 2.34. The third kappa shape index (κ3) is 3.14. The normalized spacial score (nSPS) is 17.8. The summed E-state index contributed by atoms with van der Waals surface area (Å²) in [7, 11) is 1.78. The fourth-order valence-corrected chi connectivity index (χ4v) is 2.51. The Morgan fingerprint density at radius 3 is 2.71 bits per heavy atom.